The average molecular weight is 360 g/mol. The van der Waals surface area contributed by atoms with E-state index in [0.29, 0.717) is 12.5 Å². The maximum Gasteiger partial charge on any atom is 0.227 e. The van der Waals surface area contributed by atoms with Crippen LogP contribution in [-0.4, -0.2) is 69.3 Å². The zero-order valence-corrected chi connectivity index (χ0v) is 16.2. The number of methoxy groups -OCH3 is 1. The van der Waals surface area contributed by atoms with E-state index in [4.69, 9.17) is 9.47 Å². The van der Waals surface area contributed by atoms with E-state index in [-0.39, 0.29) is 11.8 Å². The van der Waals surface area contributed by atoms with Crippen molar-refractivity contribution in [1.82, 2.24) is 9.80 Å². The number of carbonyl (C=O) groups excluding carboxylic acids is 1. The van der Waals surface area contributed by atoms with Gasteiger partial charge in [-0.3, -0.25) is 4.79 Å². The van der Waals surface area contributed by atoms with Crippen LogP contribution in [0.25, 0.3) is 0 Å². The van der Waals surface area contributed by atoms with Gasteiger partial charge in [-0.25, -0.2) is 0 Å². The average Bonchev–Trinajstić information content (AvgIpc) is 3.21. The molecule has 0 spiro atoms. The first-order valence-corrected chi connectivity index (χ1v) is 9.84. The molecule has 0 bridgehead atoms. The van der Waals surface area contributed by atoms with E-state index in [1.807, 2.05) is 24.1 Å². The van der Waals surface area contributed by atoms with Crippen LogP contribution in [0.15, 0.2) is 24.3 Å². The maximum absolute atomic E-state index is 12.4. The monoisotopic (exact) mass is 360 g/mol. The van der Waals surface area contributed by atoms with Crippen LogP contribution in [0.1, 0.15) is 24.8 Å². The summed E-state index contributed by atoms with van der Waals surface area (Å²) in [6, 6.07) is 8.28. The van der Waals surface area contributed by atoms with E-state index >= 15 is 0 Å². The zero-order valence-electron chi connectivity index (χ0n) is 16.2. The van der Waals surface area contributed by atoms with Gasteiger partial charge >= 0.3 is 0 Å². The van der Waals surface area contributed by atoms with Gasteiger partial charge < -0.3 is 19.3 Å². The third-order valence-electron chi connectivity index (χ3n) is 5.78. The first-order valence-electron chi connectivity index (χ1n) is 9.84. The number of hydrogen-bond acceptors (Lipinski definition) is 4. The SMILES string of the molecule is COc1ccccc1CCN1CCC(CN(C)C(=O)[C@@H]2CCOC2)CC1. The summed E-state index contributed by atoms with van der Waals surface area (Å²) < 4.78 is 10.8. The van der Waals surface area contributed by atoms with Crippen LogP contribution >= 0.6 is 0 Å². The molecule has 0 saturated carbocycles. The summed E-state index contributed by atoms with van der Waals surface area (Å²) in [4.78, 5) is 16.9. The minimum atomic E-state index is 0.0842. The predicted molar refractivity (Wildman–Crippen MR) is 102 cm³/mol. The Kier molecular flexibility index (Phi) is 6.92. The van der Waals surface area contributed by atoms with E-state index in [2.05, 4.69) is 17.0 Å². The van der Waals surface area contributed by atoms with Crippen molar-refractivity contribution in [1.29, 1.82) is 0 Å². The van der Waals surface area contributed by atoms with Crippen molar-refractivity contribution in [3.05, 3.63) is 29.8 Å². The van der Waals surface area contributed by atoms with Crippen LogP contribution in [0.4, 0.5) is 0 Å². The second-order valence-corrected chi connectivity index (χ2v) is 7.63. The van der Waals surface area contributed by atoms with Crippen LogP contribution in [0.2, 0.25) is 0 Å². The Bertz CT molecular complexity index is 578. The van der Waals surface area contributed by atoms with Crippen molar-refractivity contribution in [2.24, 2.45) is 11.8 Å². The summed E-state index contributed by atoms with van der Waals surface area (Å²) in [5.74, 6) is 1.95. The van der Waals surface area contributed by atoms with Gasteiger partial charge in [0.2, 0.25) is 5.91 Å². The number of likely N-dealkylation sites (tertiary alicyclic amines) is 1. The molecule has 1 aromatic rings. The molecule has 0 radical (unpaired) electrons. The third-order valence-corrected chi connectivity index (χ3v) is 5.78. The first kappa shape index (κ1) is 19.2. The Morgan fingerprint density at radius 1 is 1.27 bits per heavy atom. The largest absolute Gasteiger partial charge is 0.496 e. The molecule has 5 nitrogen and oxygen atoms in total. The predicted octanol–water partition coefficient (Wildman–Crippen LogP) is 2.44. The highest BCUT2D eigenvalue weighted by Crippen LogP contribution is 2.22. The van der Waals surface area contributed by atoms with E-state index in [0.717, 1.165) is 51.4 Å². The first-order chi connectivity index (χ1) is 12.7. The zero-order chi connectivity index (χ0) is 18.4. The molecule has 2 heterocycles. The Morgan fingerprint density at radius 3 is 2.73 bits per heavy atom. The Labute approximate surface area is 157 Å². The van der Waals surface area contributed by atoms with Gasteiger partial charge in [0.05, 0.1) is 19.6 Å². The quantitative estimate of drug-likeness (QED) is 0.749. The van der Waals surface area contributed by atoms with Crippen molar-refractivity contribution >= 4 is 5.91 Å². The van der Waals surface area contributed by atoms with Crippen molar-refractivity contribution in [2.75, 3.05) is 53.6 Å². The Hall–Kier alpha value is -1.59. The third kappa shape index (κ3) is 4.98. The molecule has 2 saturated heterocycles. The molecule has 5 heteroatoms. The molecule has 0 aromatic heterocycles. The van der Waals surface area contributed by atoms with Crippen molar-refractivity contribution < 1.29 is 14.3 Å². The lowest BCUT2D eigenvalue weighted by Crippen LogP contribution is -2.41. The molecular weight excluding hydrogens is 328 g/mol. The number of piperidine rings is 1. The summed E-state index contributed by atoms with van der Waals surface area (Å²) in [5.41, 5.74) is 1.28. The van der Waals surface area contributed by atoms with E-state index in [1.165, 1.54) is 18.4 Å². The summed E-state index contributed by atoms with van der Waals surface area (Å²) in [6.45, 7) is 5.53. The Morgan fingerprint density at radius 2 is 2.04 bits per heavy atom. The van der Waals surface area contributed by atoms with Gasteiger partial charge in [-0.15, -0.1) is 0 Å². The molecule has 0 unspecified atom stereocenters. The van der Waals surface area contributed by atoms with Gasteiger partial charge in [-0.2, -0.15) is 0 Å². The van der Waals surface area contributed by atoms with Gasteiger partial charge in [0, 0.05) is 26.7 Å². The number of para-hydroxylation sites is 1. The number of ether oxygens (including phenoxy) is 2. The van der Waals surface area contributed by atoms with Crippen LogP contribution < -0.4 is 4.74 Å². The summed E-state index contributed by atoms with van der Waals surface area (Å²) in [7, 11) is 3.69. The summed E-state index contributed by atoms with van der Waals surface area (Å²) in [5, 5.41) is 0. The molecular formula is C21H32N2O3. The lowest BCUT2D eigenvalue weighted by molar-refractivity contribution is -0.134. The molecule has 2 aliphatic rings. The highest BCUT2D eigenvalue weighted by molar-refractivity contribution is 5.78. The highest BCUT2D eigenvalue weighted by Gasteiger charge is 2.28. The summed E-state index contributed by atoms with van der Waals surface area (Å²) in [6.07, 6.45) is 4.24. The smallest absolute Gasteiger partial charge is 0.227 e. The van der Waals surface area contributed by atoms with Crippen molar-refractivity contribution in [3.63, 3.8) is 0 Å². The summed E-state index contributed by atoms with van der Waals surface area (Å²) >= 11 is 0. The number of carbonyl (C=O) groups is 1. The number of nitrogens with zero attached hydrogens (tertiary/aromatic N) is 2. The van der Waals surface area contributed by atoms with Crippen LogP contribution in [0.3, 0.4) is 0 Å². The number of benzene rings is 1. The second kappa shape index (κ2) is 9.38. The number of hydrogen-bond donors (Lipinski definition) is 0. The normalized spacial score (nSPS) is 21.7. The molecule has 1 aromatic carbocycles. The van der Waals surface area contributed by atoms with Gasteiger partial charge in [0.1, 0.15) is 5.75 Å². The fraction of sp³-hybridized carbons (Fsp3) is 0.667. The Balaban J connectivity index is 1.39. The van der Waals surface area contributed by atoms with Gasteiger partial charge in [-0.1, -0.05) is 18.2 Å². The molecule has 144 valence electrons. The molecule has 2 fully saturated rings. The van der Waals surface area contributed by atoms with Gasteiger partial charge in [-0.05, 0) is 56.3 Å². The molecule has 0 aliphatic carbocycles. The van der Waals surface area contributed by atoms with E-state index in [1.54, 1.807) is 7.11 Å². The van der Waals surface area contributed by atoms with Crippen LogP contribution in [0, 0.1) is 11.8 Å². The maximum atomic E-state index is 12.4. The van der Waals surface area contributed by atoms with E-state index < -0.39 is 0 Å². The molecule has 0 N–H and O–H groups in total. The van der Waals surface area contributed by atoms with E-state index in [9.17, 15) is 4.79 Å². The number of amides is 1. The van der Waals surface area contributed by atoms with Crippen molar-refractivity contribution in [3.8, 4) is 5.75 Å². The highest BCUT2D eigenvalue weighted by atomic mass is 16.5. The molecule has 1 atom stereocenters. The standard InChI is InChI=1S/C21H32N2O3/c1-22(21(24)19-10-14-26-16-19)15-17-7-11-23(12-8-17)13-9-18-5-3-4-6-20(18)25-2/h3-6,17,19H,7-16H2,1-2H3/t19-/m1/s1. The minimum absolute atomic E-state index is 0.0842. The fourth-order valence-corrected chi connectivity index (χ4v) is 4.10. The van der Waals surface area contributed by atoms with Crippen molar-refractivity contribution in [2.45, 2.75) is 25.7 Å². The molecule has 1 amide bonds. The second-order valence-electron chi connectivity index (χ2n) is 7.63. The van der Waals surface area contributed by atoms with Crippen LogP contribution in [-0.2, 0) is 16.0 Å². The lowest BCUT2D eigenvalue weighted by atomic mass is 9.95. The number of rotatable bonds is 7. The minimum Gasteiger partial charge on any atom is -0.496 e. The molecule has 3 rings (SSSR count). The fourth-order valence-electron chi connectivity index (χ4n) is 4.10. The van der Waals surface area contributed by atoms with Gasteiger partial charge in [0.25, 0.3) is 0 Å². The molecule has 26 heavy (non-hydrogen) atoms. The van der Waals surface area contributed by atoms with Gasteiger partial charge in [0.15, 0.2) is 0 Å². The lowest BCUT2D eigenvalue weighted by Gasteiger charge is -2.34. The van der Waals surface area contributed by atoms with Crippen LogP contribution in [0.5, 0.6) is 5.75 Å². The molecule has 2 aliphatic heterocycles. The topological polar surface area (TPSA) is 42.0 Å².